The Hall–Kier alpha value is -2.88. The normalized spacial score (nSPS) is 21.6. The fourth-order valence-corrected chi connectivity index (χ4v) is 5.03. The van der Waals surface area contributed by atoms with E-state index in [1.165, 1.54) is 16.7 Å². The highest BCUT2D eigenvalue weighted by Crippen LogP contribution is 2.42. The number of rotatable bonds is 7. The minimum Gasteiger partial charge on any atom is -0.352 e. The van der Waals surface area contributed by atoms with E-state index in [2.05, 4.69) is 74.3 Å². The maximum absolute atomic E-state index is 13.3. The molecule has 4 nitrogen and oxygen atoms in total. The van der Waals surface area contributed by atoms with Crippen molar-refractivity contribution in [3.05, 3.63) is 72.3 Å². The highest BCUT2D eigenvalue weighted by atomic mass is 16.2. The van der Waals surface area contributed by atoms with E-state index in [9.17, 15) is 9.59 Å². The molecule has 0 spiro atoms. The molecule has 2 atom stereocenters. The first-order chi connectivity index (χ1) is 15.4. The summed E-state index contributed by atoms with van der Waals surface area (Å²) < 4.78 is 0. The summed E-state index contributed by atoms with van der Waals surface area (Å²) in [5, 5.41) is 3.04. The maximum atomic E-state index is 13.3. The third-order valence-electron chi connectivity index (χ3n) is 7.27. The Kier molecular flexibility index (Phi) is 6.50. The molecular weight excluding hydrogens is 396 g/mol. The van der Waals surface area contributed by atoms with Crippen LogP contribution in [0, 0.1) is 24.2 Å². The van der Waals surface area contributed by atoms with Gasteiger partial charge in [-0.25, -0.2) is 0 Å². The van der Waals surface area contributed by atoms with Crippen LogP contribution in [-0.4, -0.2) is 36.3 Å². The van der Waals surface area contributed by atoms with Crippen molar-refractivity contribution in [2.24, 2.45) is 17.3 Å². The van der Waals surface area contributed by atoms with E-state index in [-0.39, 0.29) is 17.7 Å². The quantitative estimate of drug-likeness (QED) is 0.643. The average Bonchev–Trinajstić information content (AvgIpc) is 3.54. The molecule has 2 amide bonds. The Balaban J connectivity index is 1.55. The number of carbonyl (C=O) groups is 2. The molecule has 2 fully saturated rings. The number of nitrogens with one attached hydrogen (secondary N) is 1. The molecule has 2 aliphatic rings. The van der Waals surface area contributed by atoms with Gasteiger partial charge < -0.3 is 10.2 Å². The van der Waals surface area contributed by atoms with Gasteiger partial charge in [-0.3, -0.25) is 9.59 Å². The van der Waals surface area contributed by atoms with E-state index in [1.807, 2.05) is 4.90 Å². The van der Waals surface area contributed by atoms with Gasteiger partial charge in [0.25, 0.3) is 0 Å². The van der Waals surface area contributed by atoms with Gasteiger partial charge in [-0.1, -0.05) is 61.5 Å². The van der Waals surface area contributed by atoms with Gasteiger partial charge >= 0.3 is 0 Å². The third-order valence-corrected chi connectivity index (χ3v) is 7.27. The summed E-state index contributed by atoms with van der Waals surface area (Å²) >= 11 is 0. The number of benzene rings is 2. The monoisotopic (exact) mass is 430 g/mol. The van der Waals surface area contributed by atoms with Crippen LogP contribution in [0.25, 0.3) is 11.1 Å². The van der Waals surface area contributed by atoms with Crippen molar-refractivity contribution in [3.8, 4) is 11.1 Å². The number of piperidine rings is 1. The molecule has 4 heteroatoms. The van der Waals surface area contributed by atoms with Crippen molar-refractivity contribution in [2.75, 3.05) is 19.6 Å². The minimum absolute atomic E-state index is 0.0746. The molecule has 4 rings (SSSR count). The number of carbonyl (C=O) groups excluding carboxylic acids is 2. The first-order valence-corrected chi connectivity index (χ1v) is 11.8. The van der Waals surface area contributed by atoms with E-state index in [1.54, 1.807) is 6.08 Å². The van der Waals surface area contributed by atoms with Gasteiger partial charge in [0.15, 0.2) is 0 Å². The number of nitrogens with zero attached hydrogens (tertiary/aromatic N) is 1. The second-order valence-corrected chi connectivity index (χ2v) is 9.62. The van der Waals surface area contributed by atoms with Gasteiger partial charge in [-0.2, -0.15) is 0 Å². The first-order valence-electron chi connectivity index (χ1n) is 11.8. The van der Waals surface area contributed by atoms with Gasteiger partial charge in [-0.05, 0) is 60.8 Å². The molecular formula is C28H34N2O2. The van der Waals surface area contributed by atoms with E-state index in [0.717, 1.165) is 12.0 Å². The van der Waals surface area contributed by atoms with Crippen molar-refractivity contribution >= 4 is 11.8 Å². The summed E-state index contributed by atoms with van der Waals surface area (Å²) in [6, 6.07) is 16.9. The molecule has 1 aliphatic carbocycles. The second kappa shape index (κ2) is 9.32. The number of hydrogen-bond donors (Lipinski definition) is 1. The predicted molar refractivity (Wildman–Crippen MR) is 129 cm³/mol. The smallest absolute Gasteiger partial charge is 0.226 e. The molecule has 1 N–H and O–H groups in total. The van der Waals surface area contributed by atoms with Gasteiger partial charge in [0.2, 0.25) is 11.8 Å². The fourth-order valence-electron chi connectivity index (χ4n) is 5.03. The lowest BCUT2D eigenvalue weighted by atomic mass is 9.72. The molecule has 32 heavy (non-hydrogen) atoms. The minimum atomic E-state index is -0.501. The van der Waals surface area contributed by atoms with Crippen molar-refractivity contribution < 1.29 is 9.59 Å². The Morgan fingerprint density at radius 3 is 2.53 bits per heavy atom. The molecule has 0 bridgehead atoms. The summed E-state index contributed by atoms with van der Waals surface area (Å²) in [7, 11) is 0. The lowest BCUT2D eigenvalue weighted by Gasteiger charge is -2.41. The molecule has 2 aromatic rings. The van der Waals surface area contributed by atoms with Gasteiger partial charge in [0.1, 0.15) is 0 Å². The van der Waals surface area contributed by atoms with Crippen molar-refractivity contribution in [1.29, 1.82) is 0 Å². The molecule has 1 heterocycles. The number of likely N-dealkylation sites (tertiary alicyclic amines) is 1. The van der Waals surface area contributed by atoms with Crippen LogP contribution in [0.15, 0.2) is 61.2 Å². The Labute approximate surface area is 191 Å². The summed E-state index contributed by atoms with van der Waals surface area (Å²) in [6.45, 7) is 9.78. The standard InChI is InChI=1S/C28H34N2O2/c1-4-14-29-27(32)28(12-15-30(16-13-28)26(31)25-17-21(25)3)19-22-9-7-10-23(18-22)24-11-6-5-8-20(24)2/h4-11,18,21,25H,1,12-17,19H2,2-3H3,(H,29,32)/t21-,25+/m0/s1. The van der Waals surface area contributed by atoms with E-state index >= 15 is 0 Å². The van der Waals surface area contributed by atoms with E-state index in [0.29, 0.717) is 44.8 Å². The van der Waals surface area contributed by atoms with E-state index < -0.39 is 5.41 Å². The second-order valence-electron chi connectivity index (χ2n) is 9.62. The van der Waals surface area contributed by atoms with Crippen LogP contribution in [0.3, 0.4) is 0 Å². The largest absolute Gasteiger partial charge is 0.352 e. The van der Waals surface area contributed by atoms with Crippen LogP contribution in [0.5, 0.6) is 0 Å². The van der Waals surface area contributed by atoms with Crippen LogP contribution < -0.4 is 5.32 Å². The molecule has 1 aliphatic heterocycles. The molecule has 0 unspecified atom stereocenters. The Bertz CT molecular complexity index is 1000. The van der Waals surface area contributed by atoms with Crippen molar-refractivity contribution in [1.82, 2.24) is 10.2 Å². The van der Waals surface area contributed by atoms with Crippen LogP contribution in [0.1, 0.15) is 37.3 Å². The number of aryl methyl sites for hydroxylation is 1. The van der Waals surface area contributed by atoms with Crippen molar-refractivity contribution in [2.45, 2.75) is 39.5 Å². The Morgan fingerprint density at radius 2 is 1.88 bits per heavy atom. The third kappa shape index (κ3) is 4.64. The topological polar surface area (TPSA) is 49.4 Å². The molecule has 1 saturated carbocycles. The molecule has 168 valence electrons. The zero-order valence-corrected chi connectivity index (χ0v) is 19.3. The van der Waals surface area contributed by atoms with Crippen molar-refractivity contribution in [3.63, 3.8) is 0 Å². The fraction of sp³-hybridized carbons (Fsp3) is 0.429. The predicted octanol–water partition coefficient (Wildman–Crippen LogP) is 4.77. The zero-order valence-electron chi connectivity index (χ0n) is 19.3. The van der Waals surface area contributed by atoms with E-state index in [4.69, 9.17) is 0 Å². The highest BCUT2D eigenvalue weighted by Gasteiger charge is 2.46. The van der Waals surface area contributed by atoms with Crippen LogP contribution in [0.4, 0.5) is 0 Å². The van der Waals surface area contributed by atoms with Crippen LogP contribution in [-0.2, 0) is 16.0 Å². The summed E-state index contributed by atoms with van der Waals surface area (Å²) in [5.74, 6) is 1.06. The van der Waals surface area contributed by atoms with Gasteiger partial charge in [-0.15, -0.1) is 6.58 Å². The molecule has 0 aromatic heterocycles. The molecule has 1 saturated heterocycles. The number of amides is 2. The SMILES string of the molecule is C=CCNC(=O)C1(Cc2cccc(-c3ccccc3C)c2)CCN(C(=O)[C@@H]2C[C@@H]2C)CC1. The van der Waals surface area contributed by atoms with Crippen LogP contribution in [0.2, 0.25) is 0 Å². The summed E-state index contributed by atoms with van der Waals surface area (Å²) in [4.78, 5) is 28.0. The summed E-state index contributed by atoms with van der Waals surface area (Å²) in [5.41, 5.74) is 4.30. The zero-order chi connectivity index (χ0) is 22.7. The first kappa shape index (κ1) is 22.3. The lowest BCUT2D eigenvalue weighted by molar-refractivity contribution is -0.141. The lowest BCUT2D eigenvalue weighted by Crippen LogP contribution is -2.51. The number of hydrogen-bond acceptors (Lipinski definition) is 2. The summed E-state index contributed by atoms with van der Waals surface area (Å²) in [6.07, 6.45) is 4.79. The molecule has 0 radical (unpaired) electrons. The van der Waals surface area contributed by atoms with Gasteiger partial charge in [0, 0.05) is 25.6 Å². The van der Waals surface area contributed by atoms with Gasteiger partial charge in [0.05, 0.1) is 5.41 Å². The molecule has 2 aromatic carbocycles. The highest BCUT2D eigenvalue weighted by molar-refractivity contribution is 5.85. The Morgan fingerprint density at radius 1 is 1.16 bits per heavy atom. The average molecular weight is 431 g/mol. The maximum Gasteiger partial charge on any atom is 0.226 e. The van der Waals surface area contributed by atoms with Crippen LogP contribution >= 0.6 is 0 Å².